The molecule has 0 spiro atoms. The van der Waals surface area contributed by atoms with Gasteiger partial charge in [0.25, 0.3) is 0 Å². The monoisotopic (exact) mass is 354 g/mol. The zero-order valence-electron chi connectivity index (χ0n) is 14.9. The van der Waals surface area contributed by atoms with Crippen molar-refractivity contribution in [3.63, 3.8) is 0 Å². The smallest absolute Gasteiger partial charge is 0.305 e. The van der Waals surface area contributed by atoms with Gasteiger partial charge in [0.1, 0.15) is 0 Å². The maximum absolute atomic E-state index is 13.4. The molecule has 3 aromatic carbocycles. The third-order valence-corrected chi connectivity index (χ3v) is 6.51. The Labute approximate surface area is 149 Å². The highest BCUT2D eigenvalue weighted by Crippen LogP contribution is 2.50. The molecule has 0 atom stereocenters. The van der Waals surface area contributed by atoms with Crippen molar-refractivity contribution in [2.45, 2.75) is 20.8 Å². The molecule has 4 heteroatoms. The van der Waals surface area contributed by atoms with Crippen molar-refractivity contribution < 1.29 is 13.6 Å². The van der Waals surface area contributed by atoms with Crippen LogP contribution in [0.25, 0.3) is 21.9 Å². The standard InChI is InChI=1S/C21H23O3P/c1-4-23-25(22,24-5-2)21-16(3)9-8-12-20(21)19-14-13-17-10-6-7-11-18(17)15-19/h6-15H,4-5H2,1-3H3. The summed E-state index contributed by atoms with van der Waals surface area (Å²) in [6.07, 6.45) is 0. The lowest BCUT2D eigenvalue weighted by Crippen LogP contribution is -2.16. The van der Waals surface area contributed by atoms with Gasteiger partial charge in [0.2, 0.25) is 0 Å². The highest BCUT2D eigenvalue weighted by atomic mass is 31.2. The second-order valence-electron chi connectivity index (χ2n) is 5.87. The van der Waals surface area contributed by atoms with Crippen LogP contribution in [0.5, 0.6) is 0 Å². The highest BCUT2D eigenvalue weighted by molar-refractivity contribution is 7.62. The van der Waals surface area contributed by atoms with Crippen LogP contribution in [0.1, 0.15) is 19.4 Å². The van der Waals surface area contributed by atoms with Crippen molar-refractivity contribution in [2.75, 3.05) is 13.2 Å². The van der Waals surface area contributed by atoms with E-state index in [4.69, 9.17) is 9.05 Å². The molecular formula is C21H23O3P. The molecule has 3 aromatic rings. The van der Waals surface area contributed by atoms with E-state index in [9.17, 15) is 4.57 Å². The molecule has 0 aliphatic rings. The van der Waals surface area contributed by atoms with Gasteiger partial charge < -0.3 is 9.05 Å². The highest BCUT2D eigenvalue weighted by Gasteiger charge is 2.31. The number of hydrogen-bond acceptors (Lipinski definition) is 3. The Bertz CT molecular complexity index is 923. The first-order valence-electron chi connectivity index (χ1n) is 8.57. The molecule has 0 saturated heterocycles. The number of benzene rings is 3. The summed E-state index contributed by atoms with van der Waals surface area (Å²) in [4.78, 5) is 0. The summed E-state index contributed by atoms with van der Waals surface area (Å²) in [5.74, 6) is 0. The minimum Gasteiger partial charge on any atom is -0.305 e. The summed E-state index contributed by atoms with van der Waals surface area (Å²) in [7, 11) is -3.37. The third kappa shape index (κ3) is 3.55. The summed E-state index contributed by atoms with van der Waals surface area (Å²) in [5, 5.41) is 2.99. The Balaban J connectivity index is 2.22. The van der Waals surface area contributed by atoms with Crippen molar-refractivity contribution in [1.82, 2.24) is 0 Å². The number of aryl methyl sites for hydroxylation is 1. The van der Waals surface area contributed by atoms with Crippen LogP contribution >= 0.6 is 7.60 Å². The minimum absolute atomic E-state index is 0.336. The van der Waals surface area contributed by atoms with E-state index in [1.54, 1.807) is 0 Å². The van der Waals surface area contributed by atoms with Crippen LogP contribution in [0, 0.1) is 6.92 Å². The average molecular weight is 354 g/mol. The quantitative estimate of drug-likeness (QED) is 0.532. The Kier molecular flexibility index (Phi) is 5.39. The molecule has 0 fully saturated rings. The molecule has 130 valence electrons. The molecule has 0 aliphatic carbocycles. The fourth-order valence-electron chi connectivity index (χ4n) is 3.12. The Morgan fingerprint density at radius 2 is 1.52 bits per heavy atom. The number of fused-ring (bicyclic) bond motifs is 1. The van der Waals surface area contributed by atoms with Crippen LogP contribution in [0.4, 0.5) is 0 Å². The fraction of sp³-hybridized carbons (Fsp3) is 0.238. The third-order valence-electron chi connectivity index (χ3n) is 4.17. The maximum atomic E-state index is 13.4. The van der Waals surface area contributed by atoms with Gasteiger partial charge in [-0.15, -0.1) is 0 Å². The number of hydrogen-bond donors (Lipinski definition) is 0. The molecule has 0 radical (unpaired) electrons. The van der Waals surface area contributed by atoms with Gasteiger partial charge in [-0.2, -0.15) is 0 Å². The molecule has 0 aromatic heterocycles. The van der Waals surface area contributed by atoms with E-state index in [0.717, 1.165) is 22.1 Å². The number of rotatable bonds is 6. The van der Waals surface area contributed by atoms with Crippen molar-refractivity contribution in [1.29, 1.82) is 0 Å². The predicted molar refractivity (Wildman–Crippen MR) is 105 cm³/mol. The second-order valence-corrected chi connectivity index (χ2v) is 7.82. The molecule has 25 heavy (non-hydrogen) atoms. The molecule has 0 bridgehead atoms. The van der Waals surface area contributed by atoms with E-state index in [-0.39, 0.29) is 0 Å². The first-order valence-corrected chi connectivity index (χ1v) is 10.1. The van der Waals surface area contributed by atoms with E-state index in [2.05, 4.69) is 30.3 Å². The van der Waals surface area contributed by atoms with Gasteiger partial charge >= 0.3 is 7.60 Å². The molecule has 0 N–H and O–H groups in total. The SMILES string of the molecule is CCOP(=O)(OCC)c1c(C)cccc1-c1ccc2ccccc2c1. The predicted octanol–water partition coefficient (Wildman–Crippen LogP) is 5.71. The zero-order valence-corrected chi connectivity index (χ0v) is 15.8. The normalized spacial score (nSPS) is 11.8. The molecule has 0 unspecified atom stereocenters. The molecule has 0 saturated carbocycles. The van der Waals surface area contributed by atoms with Crippen LogP contribution in [-0.4, -0.2) is 13.2 Å². The van der Waals surface area contributed by atoms with Gasteiger partial charge in [-0.1, -0.05) is 54.6 Å². The van der Waals surface area contributed by atoms with E-state index < -0.39 is 7.60 Å². The first kappa shape index (κ1) is 17.9. The lowest BCUT2D eigenvalue weighted by molar-refractivity contribution is 0.230. The van der Waals surface area contributed by atoms with Gasteiger partial charge in [0.15, 0.2) is 0 Å². The second kappa shape index (κ2) is 7.53. The Morgan fingerprint density at radius 3 is 2.20 bits per heavy atom. The largest absolute Gasteiger partial charge is 0.362 e. The van der Waals surface area contributed by atoms with Crippen molar-refractivity contribution in [3.05, 3.63) is 66.2 Å². The maximum Gasteiger partial charge on any atom is 0.362 e. The zero-order chi connectivity index (χ0) is 17.9. The molecule has 3 nitrogen and oxygen atoms in total. The van der Waals surface area contributed by atoms with Gasteiger partial charge in [-0.25, -0.2) is 0 Å². The van der Waals surface area contributed by atoms with Gasteiger partial charge in [-0.3, -0.25) is 4.57 Å². The summed E-state index contributed by atoms with van der Waals surface area (Å²) in [6, 6.07) is 20.4. The summed E-state index contributed by atoms with van der Waals surface area (Å²) < 4.78 is 24.7. The van der Waals surface area contributed by atoms with Crippen molar-refractivity contribution in [2.24, 2.45) is 0 Å². The Morgan fingerprint density at radius 1 is 0.840 bits per heavy atom. The van der Waals surface area contributed by atoms with Crippen LogP contribution < -0.4 is 5.30 Å². The minimum atomic E-state index is -3.37. The first-order chi connectivity index (χ1) is 12.1. The molecule has 0 heterocycles. The van der Waals surface area contributed by atoms with E-state index >= 15 is 0 Å². The van der Waals surface area contributed by atoms with Crippen LogP contribution in [-0.2, 0) is 13.6 Å². The molecule has 0 aliphatic heterocycles. The van der Waals surface area contributed by atoms with Crippen LogP contribution in [0.15, 0.2) is 60.7 Å². The summed E-state index contributed by atoms with van der Waals surface area (Å²) >= 11 is 0. The van der Waals surface area contributed by atoms with E-state index in [0.29, 0.717) is 18.5 Å². The topological polar surface area (TPSA) is 35.5 Å². The molecular weight excluding hydrogens is 331 g/mol. The fourth-order valence-corrected chi connectivity index (χ4v) is 5.14. The van der Waals surface area contributed by atoms with Crippen molar-refractivity contribution >= 4 is 23.7 Å². The molecule has 3 rings (SSSR count). The van der Waals surface area contributed by atoms with Gasteiger partial charge in [0.05, 0.1) is 18.5 Å². The van der Waals surface area contributed by atoms with E-state index in [1.807, 2.05) is 51.1 Å². The van der Waals surface area contributed by atoms with Crippen LogP contribution in [0.2, 0.25) is 0 Å². The summed E-state index contributed by atoms with van der Waals surface area (Å²) in [5.41, 5.74) is 2.82. The van der Waals surface area contributed by atoms with Gasteiger partial charge in [-0.05, 0) is 54.3 Å². The van der Waals surface area contributed by atoms with Gasteiger partial charge in [0, 0.05) is 0 Å². The lowest BCUT2D eigenvalue weighted by atomic mass is 10.00. The Hall–Kier alpha value is -1.93. The summed E-state index contributed by atoms with van der Waals surface area (Å²) in [6.45, 7) is 6.29. The molecule has 0 amide bonds. The van der Waals surface area contributed by atoms with E-state index in [1.165, 1.54) is 5.39 Å². The lowest BCUT2D eigenvalue weighted by Gasteiger charge is -2.22. The average Bonchev–Trinajstić information content (AvgIpc) is 2.61. The van der Waals surface area contributed by atoms with Crippen LogP contribution in [0.3, 0.4) is 0 Å². The van der Waals surface area contributed by atoms with Crippen molar-refractivity contribution in [3.8, 4) is 11.1 Å².